The van der Waals surface area contributed by atoms with Crippen molar-refractivity contribution in [3.63, 3.8) is 0 Å². The number of carbonyl (C=O) groups excluding carboxylic acids is 1. The van der Waals surface area contributed by atoms with Gasteiger partial charge >= 0.3 is 0 Å². The molecule has 0 aliphatic rings. The number of hydrogen-bond acceptors (Lipinski definition) is 5. The lowest BCUT2D eigenvalue weighted by molar-refractivity contribution is -0.113. The summed E-state index contributed by atoms with van der Waals surface area (Å²) in [6, 6.07) is 13.6. The highest BCUT2D eigenvalue weighted by atomic mass is 35.5. The number of halogens is 1. The Bertz CT molecular complexity index is 1010. The number of aryl methyl sites for hydroxylation is 1. The molecule has 0 unspecified atom stereocenters. The van der Waals surface area contributed by atoms with Gasteiger partial charge in [-0.2, -0.15) is 0 Å². The van der Waals surface area contributed by atoms with Crippen LogP contribution >= 0.6 is 35.1 Å². The number of nitrogens with zero attached hydrogens (tertiary/aromatic N) is 3. The molecule has 0 spiro atoms. The van der Waals surface area contributed by atoms with Gasteiger partial charge < -0.3 is 9.88 Å². The van der Waals surface area contributed by atoms with Gasteiger partial charge in [0.2, 0.25) is 5.91 Å². The summed E-state index contributed by atoms with van der Waals surface area (Å²) in [5.41, 5.74) is 2.94. The van der Waals surface area contributed by atoms with E-state index in [2.05, 4.69) is 42.4 Å². The van der Waals surface area contributed by atoms with Crippen LogP contribution in [0.2, 0.25) is 5.02 Å². The highest BCUT2D eigenvalue weighted by Crippen LogP contribution is 2.30. The van der Waals surface area contributed by atoms with E-state index >= 15 is 0 Å². The van der Waals surface area contributed by atoms with E-state index in [-0.39, 0.29) is 11.7 Å². The lowest BCUT2D eigenvalue weighted by atomic mass is 10.1. The summed E-state index contributed by atoms with van der Waals surface area (Å²) < 4.78 is 2.04. The zero-order chi connectivity index (χ0) is 20.8. The summed E-state index contributed by atoms with van der Waals surface area (Å²) in [4.78, 5) is 13.6. The van der Waals surface area contributed by atoms with E-state index in [0.29, 0.717) is 5.02 Å². The lowest BCUT2D eigenvalue weighted by Crippen LogP contribution is -2.15. The fraction of sp³-hybridized carbons (Fsp3) is 0.286. The number of aromatic nitrogens is 3. The van der Waals surface area contributed by atoms with Crippen molar-refractivity contribution in [2.45, 2.75) is 37.4 Å². The van der Waals surface area contributed by atoms with Crippen molar-refractivity contribution in [3.05, 3.63) is 53.1 Å². The Labute approximate surface area is 184 Å². The van der Waals surface area contributed by atoms with Crippen molar-refractivity contribution in [2.24, 2.45) is 0 Å². The number of carbonyl (C=O) groups is 1. The van der Waals surface area contributed by atoms with E-state index in [1.54, 1.807) is 17.8 Å². The Morgan fingerprint density at radius 1 is 1.14 bits per heavy atom. The molecule has 1 aromatic heterocycles. The molecular formula is C21H23ClN4OS2. The second-order valence-corrected chi connectivity index (χ2v) is 8.96. The molecule has 0 bridgehead atoms. The Kier molecular flexibility index (Phi) is 7.64. The normalized spacial score (nSPS) is 10.9. The van der Waals surface area contributed by atoms with Crippen LogP contribution in [0.25, 0.3) is 11.4 Å². The zero-order valence-electron chi connectivity index (χ0n) is 16.6. The Hall–Kier alpha value is -1.96. The maximum Gasteiger partial charge on any atom is 0.234 e. The maximum atomic E-state index is 12.5. The molecule has 29 heavy (non-hydrogen) atoms. The Morgan fingerprint density at radius 3 is 2.66 bits per heavy atom. The standard InChI is InChI=1S/C21H23ClN4OS2/c1-4-26-20(16-9-7-6-8-14(16)3)24-25-21(26)29-13-19(27)23-17-12-15(22)10-11-18(17)28-5-2/h6-12H,4-5,13H2,1-3H3,(H,23,27). The monoisotopic (exact) mass is 446 g/mol. The smallest absolute Gasteiger partial charge is 0.234 e. The molecule has 1 amide bonds. The number of rotatable bonds is 8. The van der Waals surface area contributed by atoms with Crippen LogP contribution < -0.4 is 5.32 Å². The molecule has 8 heteroatoms. The van der Waals surface area contributed by atoms with Gasteiger partial charge in [-0.1, -0.05) is 54.6 Å². The van der Waals surface area contributed by atoms with Crippen LogP contribution in [0.1, 0.15) is 19.4 Å². The quantitative estimate of drug-likeness (QED) is 0.445. The van der Waals surface area contributed by atoms with Gasteiger partial charge in [-0.3, -0.25) is 4.79 Å². The molecule has 0 aliphatic heterocycles. The van der Waals surface area contributed by atoms with E-state index < -0.39 is 0 Å². The van der Waals surface area contributed by atoms with Crippen molar-refractivity contribution >= 4 is 46.7 Å². The molecule has 0 fully saturated rings. The summed E-state index contributed by atoms with van der Waals surface area (Å²) in [5.74, 6) is 1.89. The van der Waals surface area contributed by atoms with Crippen LogP contribution in [-0.2, 0) is 11.3 Å². The molecule has 2 aromatic carbocycles. The van der Waals surface area contributed by atoms with Crippen LogP contribution in [-0.4, -0.2) is 32.2 Å². The molecule has 152 valence electrons. The van der Waals surface area contributed by atoms with Crippen molar-refractivity contribution in [2.75, 3.05) is 16.8 Å². The van der Waals surface area contributed by atoms with Crippen molar-refractivity contribution in [1.82, 2.24) is 14.8 Å². The SMILES string of the molecule is CCSc1ccc(Cl)cc1NC(=O)CSc1nnc(-c2ccccc2C)n1CC. The van der Waals surface area contributed by atoms with Gasteiger partial charge in [0.05, 0.1) is 11.4 Å². The van der Waals surface area contributed by atoms with Crippen LogP contribution in [0.4, 0.5) is 5.69 Å². The first-order valence-corrected chi connectivity index (χ1v) is 11.7. The van der Waals surface area contributed by atoms with Gasteiger partial charge in [-0.15, -0.1) is 22.0 Å². The van der Waals surface area contributed by atoms with E-state index in [9.17, 15) is 4.79 Å². The van der Waals surface area contributed by atoms with Gasteiger partial charge in [-0.25, -0.2) is 0 Å². The summed E-state index contributed by atoms with van der Waals surface area (Å²) in [5, 5.41) is 13.0. The van der Waals surface area contributed by atoms with Crippen LogP contribution in [0, 0.1) is 6.92 Å². The highest BCUT2D eigenvalue weighted by molar-refractivity contribution is 8.00. The lowest BCUT2D eigenvalue weighted by Gasteiger charge is -2.11. The molecule has 0 saturated heterocycles. The van der Waals surface area contributed by atoms with Crippen molar-refractivity contribution in [3.8, 4) is 11.4 Å². The summed E-state index contributed by atoms with van der Waals surface area (Å²) in [6.45, 7) is 6.91. The van der Waals surface area contributed by atoms with Crippen molar-refractivity contribution in [1.29, 1.82) is 0 Å². The third kappa shape index (κ3) is 5.35. The van der Waals surface area contributed by atoms with Crippen molar-refractivity contribution < 1.29 is 4.79 Å². The minimum Gasteiger partial charge on any atom is -0.324 e. The van der Waals surface area contributed by atoms with Crippen LogP contribution in [0.3, 0.4) is 0 Å². The first-order valence-electron chi connectivity index (χ1n) is 9.37. The fourth-order valence-corrected chi connectivity index (χ4v) is 4.62. The average Bonchev–Trinajstić information content (AvgIpc) is 3.11. The number of thioether (sulfide) groups is 2. The number of amides is 1. The van der Waals surface area contributed by atoms with Gasteiger partial charge in [0.1, 0.15) is 0 Å². The zero-order valence-corrected chi connectivity index (χ0v) is 19.0. The predicted octanol–water partition coefficient (Wildman–Crippen LogP) is 5.77. The predicted molar refractivity (Wildman–Crippen MR) is 123 cm³/mol. The molecular weight excluding hydrogens is 424 g/mol. The van der Waals surface area contributed by atoms with Gasteiger partial charge in [0, 0.05) is 22.0 Å². The molecule has 1 heterocycles. The number of hydrogen-bond donors (Lipinski definition) is 1. The second-order valence-electron chi connectivity index (χ2n) is 6.28. The Morgan fingerprint density at radius 2 is 1.93 bits per heavy atom. The number of benzene rings is 2. The summed E-state index contributed by atoms with van der Waals surface area (Å²) in [7, 11) is 0. The van der Waals surface area contributed by atoms with Gasteiger partial charge in [-0.05, 0) is 43.4 Å². The Balaban J connectivity index is 1.72. The molecule has 0 atom stereocenters. The summed E-state index contributed by atoms with van der Waals surface area (Å²) in [6.07, 6.45) is 0. The minimum absolute atomic E-state index is 0.0988. The molecule has 0 saturated carbocycles. The van der Waals surface area contributed by atoms with Crippen LogP contribution in [0.5, 0.6) is 0 Å². The first kappa shape index (κ1) is 21.7. The van der Waals surface area contributed by atoms with Crippen LogP contribution in [0.15, 0.2) is 52.5 Å². The second kappa shape index (κ2) is 10.2. The van der Waals surface area contributed by atoms with E-state index in [0.717, 1.165) is 45.0 Å². The molecule has 1 N–H and O–H groups in total. The fourth-order valence-electron chi connectivity index (χ4n) is 2.90. The minimum atomic E-state index is -0.0988. The molecule has 3 rings (SSSR count). The third-order valence-corrected chi connectivity index (χ3v) is 6.42. The topological polar surface area (TPSA) is 59.8 Å². The largest absolute Gasteiger partial charge is 0.324 e. The van der Waals surface area contributed by atoms with E-state index in [1.807, 2.05) is 34.9 Å². The highest BCUT2D eigenvalue weighted by Gasteiger charge is 2.16. The molecule has 0 radical (unpaired) electrons. The number of nitrogens with one attached hydrogen (secondary N) is 1. The molecule has 3 aromatic rings. The third-order valence-electron chi connectivity index (χ3n) is 4.27. The van der Waals surface area contributed by atoms with Gasteiger partial charge in [0.25, 0.3) is 0 Å². The van der Waals surface area contributed by atoms with E-state index in [1.165, 1.54) is 11.8 Å². The van der Waals surface area contributed by atoms with E-state index in [4.69, 9.17) is 11.6 Å². The maximum absolute atomic E-state index is 12.5. The summed E-state index contributed by atoms with van der Waals surface area (Å²) >= 11 is 9.15. The van der Waals surface area contributed by atoms with Gasteiger partial charge in [0.15, 0.2) is 11.0 Å². The number of anilines is 1. The molecule has 5 nitrogen and oxygen atoms in total. The molecule has 0 aliphatic carbocycles. The average molecular weight is 447 g/mol. The first-order chi connectivity index (χ1) is 14.0.